The van der Waals surface area contributed by atoms with E-state index in [9.17, 15) is 13.8 Å². The number of carbonyl (C=O) groups is 2. The van der Waals surface area contributed by atoms with Gasteiger partial charge in [0.05, 0.1) is 21.3 Å². The number of ether oxygens (including phenoxy) is 1. The van der Waals surface area contributed by atoms with Crippen LogP contribution in [0.1, 0.15) is 31.1 Å². The van der Waals surface area contributed by atoms with Crippen molar-refractivity contribution in [1.82, 2.24) is 0 Å². The van der Waals surface area contributed by atoms with Crippen molar-refractivity contribution < 1.29 is 18.5 Å². The fourth-order valence-corrected chi connectivity index (χ4v) is 3.52. The number of para-hydroxylation sites is 1. The maximum Gasteiger partial charge on any atom is 0.339 e. The zero-order chi connectivity index (χ0) is 19.1. The number of rotatable bonds is 7. The Bertz CT molecular complexity index is 789. The van der Waals surface area contributed by atoms with Crippen molar-refractivity contribution in [2.45, 2.75) is 31.7 Å². The predicted octanol–water partition coefficient (Wildman–Crippen LogP) is 3.41. The molecular formula is C20H23NO4S. The van der Waals surface area contributed by atoms with Gasteiger partial charge in [-0.05, 0) is 38.1 Å². The minimum atomic E-state index is -1.28. The molecule has 0 heterocycles. The Kier molecular flexibility index (Phi) is 7.09. The molecule has 138 valence electrons. The lowest BCUT2D eigenvalue weighted by Crippen LogP contribution is -2.39. The molecule has 0 fully saturated rings. The molecule has 0 aliphatic rings. The van der Waals surface area contributed by atoms with Gasteiger partial charge in [-0.2, -0.15) is 0 Å². The highest BCUT2D eigenvalue weighted by Gasteiger charge is 2.22. The van der Waals surface area contributed by atoms with Crippen LogP contribution >= 0.6 is 0 Å². The van der Waals surface area contributed by atoms with Gasteiger partial charge in [0.2, 0.25) is 0 Å². The van der Waals surface area contributed by atoms with E-state index in [1.165, 1.54) is 0 Å². The van der Waals surface area contributed by atoms with Crippen LogP contribution in [0.25, 0.3) is 0 Å². The molecule has 0 radical (unpaired) electrons. The molecule has 2 rings (SSSR count). The van der Waals surface area contributed by atoms with E-state index in [2.05, 4.69) is 0 Å². The highest BCUT2D eigenvalue weighted by Crippen LogP contribution is 2.18. The second-order valence-corrected chi connectivity index (χ2v) is 7.61. The van der Waals surface area contributed by atoms with Crippen molar-refractivity contribution in [3.8, 4) is 0 Å². The third kappa shape index (κ3) is 4.79. The average molecular weight is 373 g/mol. The van der Waals surface area contributed by atoms with Gasteiger partial charge in [-0.25, -0.2) is 4.79 Å². The number of esters is 1. The fraction of sp³-hybridized carbons (Fsp3) is 0.300. The Labute approximate surface area is 156 Å². The van der Waals surface area contributed by atoms with Crippen molar-refractivity contribution in [3.05, 3.63) is 60.2 Å². The number of carbonyl (C=O) groups excluding carboxylic acids is 2. The monoisotopic (exact) mass is 373 g/mol. The van der Waals surface area contributed by atoms with Crippen LogP contribution in [-0.4, -0.2) is 34.5 Å². The number of anilines is 1. The molecule has 1 atom stereocenters. The third-order valence-corrected chi connectivity index (χ3v) is 5.13. The number of benzene rings is 2. The fourth-order valence-electron chi connectivity index (χ4n) is 2.58. The van der Waals surface area contributed by atoms with Gasteiger partial charge < -0.3 is 9.64 Å². The van der Waals surface area contributed by atoms with Gasteiger partial charge in [0.15, 0.2) is 6.61 Å². The number of hydrogen-bond acceptors (Lipinski definition) is 4. The average Bonchev–Trinajstić information content (AvgIpc) is 2.66. The molecule has 1 amide bonds. The predicted molar refractivity (Wildman–Crippen MR) is 103 cm³/mol. The SMILES string of the molecule is CC[S@@](=O)c1ccccc1C(=O)OCC(=O)N(c1ccccc1)C(C)C. The maximum absolute atomic E-state index is 12.6. The Hall–Kier alpha value is -2.47. The molecule has 2 aromatic carbocycles. The van der Waals surface area contributed by atoms with Crippen molar-refractivity contribution >= 4 is 28.4 Å². The summed E-state index contributed by atoms with van der Waals surface area (Å²) in [5.41, 5.74) is 0.979. The molecule has 26 heavy (non-hydrogen) atoms. The molecule has 5 nitrogen and oxygen atoms in total. The van der Waals surface area contributed by atoms with Crippen LogP contribution < -0.4 is 4.90 Å². The summed E-state index contributed by atoms with van der Waals surface area (Å²) in [6, 6.07) is 15.8. The van der Waals surface area contributed by atoms with Gasteiger partial charge in [0, 0.05) is 17.5 Å². The topological polar surface area (TPSA) is 63.7 Å². The molecule has 0 spiro atoms. The van der Waals surface area contributed by atoms with Gasteiger partial charge >= 0.3 is 5.97 Å². The summed E-state index contributed by atoms with van der Waals surface area (Å²) in [7, 11) is -1.28. The standard InChI is InChI=1S/C20H23NO4S/c1-4-26(24)18-13-9-8-12-17(18)20(23)25-14-19(22)21(15(2)3)16-10-6-5-7-11-16/h5-13,15H,4,14H2,1-3H3/t26-/m1/s1. The van der Waals surface area contributed by atoms with E-state index in [0.29, 0.717) is 10.6 Å². The first-order valence-corrected chi connectivity index (χ1v) is 9.79. The first-order chi connectivity index (χ1) is 12.5. The molecule has 0 aromatic heterocycles. The molecule has 0 N–H and O–H groups in total. The summed E-state index contributed by atoms with van der Waals surface area (Å²) >= 11 is 0. The summed E-state index contributed by atoms with van der Waals surface area (Å²) in [6.07, 6.45) is 0. The van der Waals surface area contributed by atoms with E-state index in [-0.39, 0.29) is 24.1 Å². The van der Waals surface area contributed by atoms with Crippen LogP contribution in [0.4, 0.5) is 5.69 Å². The molecule has 0 saturated heterocycles. The lowest BCUT2D eigenvalue weighted by molar-refractivity contribution is -0.122. The van der Waals surface area contributed by atoms with Crippen molar-refractivity contribution in [3.63, 3.8) is 0 Å². The van der Waals surface area contributed by atoms with Crippen LogP contribution in [0.5, 0.6) is 0 Å². The summed E-state index contributed by atoms with van der Waals surface area (Å²) in [4.78, 5) is 27.0. The lowest BCUT2D eigenvalue weighted by Gasteiger charge is -2.26. The van der Waals surface area contributed by atoms with E-state index < -0.39 is 16.8 Å². The zero-order valence-electron chi connectivity index (χ0n) is 15.2. The normalized spacial score (nSPS) is 11.8. The molecule has 2 aromatic rings. The minimum absolute atomic E-state index is 0.0801. The smallest absolute Gasteiger partial charge is 0.339 e. The second-order valence-electron chi connectivity index (χ2n) is 5.90. The Morgan fingerprint density at radius 3 is 2.27 bits per heavy atom. The first kappa shape index (κ1) is 19.8. The molecule has 0 aliphatic carbocycles. The van der Waals surface area contributed by atoms with E-state index >= 15 is 0 Å². The molecule has 0 saturated carbocycles. The lowest BCUT2D eigenvalue weighted by atomic mass is 10.2. The Morgan fingerprint density at radius 2 is 1.65 bits per heavy atom. The van der Waals surface area contributed by atoms with Crippen LogP contribution in [0.3, 0.4) is 0 Å². The van der Waals surface area contributed by atoms with E-state index in [1.54, 1.807) is 36.1 Å². The van der Waals surface area contributed by atoms with E-state index in [0.717, 1.165) is 5.69 Å². The summed E-state index contributed by atoms with van der Waals surface area (Å²) in [6.45, 7) is 5.19. The Balaban J connectivity index is 2.11. The molecule has 6 heteroatoms. The van der Waals surface area contributed by atoms with Crippen molar-refractivity contribution in [2.75, 3.05) is 17.3 Å². The number of amides is 1. The molecular weight excluding hydrogens is 350 g/mol. The van der Waals surface area contributed by atoms with Gasteiger partial charge in [-0.1, -0.05) is 37.3 Å². The van der Waals surface area contributed by atoms with Crippen LogP contribution in [-0.2, 0) is 20.3 Å². The maximum atomic E-state index is 12.6. The van der Waals surface area contributed by atoms with Gasteiger partial charge in [-0.15, -0.1) is 0 Å². The van der Waals surface area contributed by atoms with Crippen LogP contribution in [0, 0.1) is 0 Å². The van der Waals surface area contributed by atoms with Gasteiger partial charge in [0.1, 0.15) is 0 Å². The first-order valence-electron chi connectivity index (χ1n) is 8.47. The van der Waals surface area contributed by atoms with Crippen molar-refractivity contribution in [1.29, 1.82) is 0 Å². The molecule has 0 aliphatic heterocycles. The molecule has 0 unspecified atom stereocenters. The van der Waals surface area contributed by atoms with Gasteiger partial charge in [-0.3, -0.25) is 9.00 Å². The van der Waals surface area contributed by atoms with Crippen molar-refractivity contribution in [2.24, 2.45) is 0 Å². The second kappa shape index (κ2) is 9.29. The molecule has 0 bridgehead atoms. The highest BCUT2D eigenvalue weighted by atomic mass is 32.2. The summed E-state index contributed by atoms with van der Waals surface area (Å²) in [5.74, 6) is -0.556. The summed E-state index contributed by atoms with van der Waals surface area (Å²) in [5, 5.41) is 0. The van der Waals surface area contributed by atoms with Crippen LogP contribution in [0.2, 0.25) is 0 Å². The van der Waals surface area contributed by atoms with Gasteiger partial charge in [0.25, 0.3) is 5.91 Å². The van der Waals surface area contributed by atoms with Crippen LogP contribution in [0.15, 0.2) is 59.5 Å². The summed E-state index contributed by atoms with van der Waals surface area (Å²) < 4.78 is 17.3. The quantitative estimate of drug-likeness (QED) is 0.698. The van der Waals surface area contributed by atoms with E-state index in [4.69, 9.17) is 4.74 Å². The number of nitrogens with zero attached hydrogens (tertiary/aromatic N) is 1. The zero-order valence-corrected chi connectivity index (χ0v) is 16.0. The Morgan fingerprint density at radius 1 is 1.04 bits per heavy atom. The largest absolute Gasteiger partial charge is 0.452 e. The third-order valence-electron chi connectivity index (χ3n) is 3.76. The minimum Gasteiger partial charge on any atom is -0.452 e. The number of hydrogen-bond donors (Lipinski definition) is 0. The van der Waals surface area contributed by atoms with E-state index in [1.807, 2.05) is 44.2 Å². The highest BCUT2D eigenvalue weighted by molar-refractivity contribution is 7.85.